The smallest absolute Gasteiger partial charge is 0.170 e. The Morgan fingerprint density at radius 2 is 1.93 bits per heavy atom. The number of ketones is 1. The van der Waals surface area contributed by atoms with E-state index < -0.39 is 12.1 Å². The van der Waals surface area contributed by atoms with Gasteiger partial charge in [0.05, 0.1) is 12.0 Å². The summed E-state index contributed by atoms with van der Waals surface area (Å²) >= 11 is 0. The molecule has 3 nitrogen and oxygen atoms in total. The number of hydrogen-bond donors (Lipinski definition) is 0. The van der Waals surface area contributed by atoms with Gasteiger partial charge in [-0.15, -0.1) is 0 Å². The number of methoxy groups -OCH3 is 2. The van der Waals surface area contributed by atoms with Gasteiger partial charge in [0.1, 0.15) is 5.82 Å². The molecule has 0 heterocycles. The lowest BCUT2D eigenvalue weighted by atomic mass is 10.1. The van der Waals surface area contributed by atoms with Gasteiger partial charge >= 0.3 is 0 Å². The molecule has 0 fully saturated rings. The highest BCUT2D eigenvalue weighted by Crippen LogP contribution is 2.11. The molecule has 0 unspecified atom stereocenters. The van der Waals surface area contributed by atoms with Gasteiger partial charge in [0.25, 0.3) is 0 Å². The summed E-state index contributed by atoms with van der Waals surface area (Å²) in [6, 6.07) is 5.85. The second kappa shape index (κ2) is 5.58. The molecule has 0 aromatic heterocycles. The van der Waals surface area contributed by atoms with Gasteiger partial charge < -0.3 is 9.47 Å². The van der Waals surface area contributed by atoms with Crippen molar-refractivity contribution in [1.29, 1.82) is 0 Å². The Hall–Kier alpha value is -1.26. The zero-order valence-electron chi connectivity index (χ0n) is 8.70. The van der Waals surface area contributed by atoms with Crippen molar-refractivity contribution in [2.24, 2.45) is 0 Å². The number of ether oxygens (including phenoxy) is 2. The molecule has 0 aliphatic carbocycles. The van der Waals surface area contributed by atoms with Crippen molar-refractivity contribution in [1.82, 2.24) is 0 Å². The highest BCUT2D eigenvalue weighted by atomic mass is 19.1. The van der Waals surface area contributed by atoms with Gasteiger partial charge in [-0.3, -0.25) is 4.79 Å². The first-order valence-corrected chi connectivity index (χ1v) is 4.52. The number of benzene rings is 1. The maximum absolute atomic E-state index is 13.2. The van der Waals surface area contributed by atoms with E-state index in [2.05, 4.69) is 0 Å². The van der Waals surface area contributed by atoms with Crippen LogP contribution in [-0.4, -0.2) is 26.3 Å². The quantitative estimate of drug-likeness (QED) is 0.553. The zero-order chi connectivity index (χ0) is 11.3. The van der Waals surface area contributed by atoms with Crippen LogP contribution < -0.4 is 0 Å². The Bertz CT molecular complexity index is 334. The van der Waals surface area contributed by atoms with Crippen molar-refractivity contribution in [3.05, 3.63) is 35.6 Å². The maximum Gasteiger partial charge on any atom is 0.170 e. The van der Waals surface area contributed by atoms with E-state index in [-0.39, 0.29) is 17.8 Å². The minimum atomic E-state index is -0.628. The van der Waals surface area contributed by atoms with Crippen molar-refractivity contribution < 1.29 is 18.7 Å². The summed E-state index contributed by atoms with van der Waals surface area (Å²) < 4.78 is 22.9. The van der Waals surface area contributed by atoms with Crippen molar-refractivity contribution in [2.75, 3.05) is 14.2 Å². The first-order chi connectivity index (χ1) is 7.19. The Balaban J connectivity index is 2.73. The standard InChI is InChI=1S/C11H13FO3/c1-14-11(15-2)7-10(13)8-5-3-4-6-9(8)12/h3-6,11H,7H2,1-2H3. The van der Waals surface area contributed by atoms with Gasteiger partial charge in [0, 0.05) is 14.2 Å². The molecule has 0 saturated heterocycles. The van der Waals surface area contributed by atoms with E-state index in [1.54, 1.807) is 6.07 Å². The molecule has 15 heavy (non-hydrogen) atoms. The van der Waals surface area contributed by atoms with Crippen molar-refractivity contribution >= 4 is 5.78 Å². The van der Waals surface area contributed by atoms with Gasteiger partial charge in [-0.25, -0.2) is 4.39 Å². The number of carbonyl (C=O) groups is 1. The second-order valence-corrected chi connectivity index (χ2v) is 3.01. The molecule has 0 radical (unpaired) electrons. The molecule has 0 aliphatic rings. The molecule has 0 bridgehead atoms. The summed E-state index contributed by atoms with van der Waals surface area (Å²) in [6.45, 7) is 0. The van der Waals surface area contributed by atoms with E-state index in [0.29, 0.717) is 0 Å². The lowest BCUT2D eigenvalue weighted by Crippen LogP contribution is -2.18. The van der Waals surface area contributed by atoms with Crippen molar-refractivity contribution in [2.45, 2.75) is 12.7 Å². The van der Waals surface area contributed by atoms with Crippen LogP contribution in [0.3, 0.4) is 0 Å². The number of Topliss-reactive ketones (excluding diaryl/α,β-unsaturated/α-hetero) is 1. The third-order valence-electron chi connectivity index (χ3n) is 2.05. The van der Waals surface area contributed by atoms with Crippen LogP contribution in [0.15, 0.2) is 24.3 Å². The molecule has 0 saturated carbocycles. The fraction of sp³-hybridized carbons (Fsp3) is 0.364. The molecule has 0 N–H and O–H groups in total. The molecule has 1 rings (SSSR count). The van der Waals surface area contributed by atoms with Crippen LogP contribution >= 0.6 is 0 Å². The Morgan fingerprint density at radius 3 is 2.47 bits per heavy atom. The predicted octanol–water partition coefficient (Wildman–Crippen LogP) is 2.02. The molecule has 1 aromatic carbocycles. The van der Waals surface area contributed by atoms with Crippen LogP contribution in [0.1, 0.15) is 16.8 Å². The molecule has 0 aliphatic heterocycles. The van der Waals surface area contributed by atoms with Gasteiger partial charge in [-0.05, 0) is 12.1 Å². The van der Waals surface area contributed by atoms with E-state index in [1.807, 2.05) is 0 Å². The molecular formula is C11H13FO3. The summed E-state index contributed by atoms with van der Waals surface area (Å²) in [5.74, 6) is -0.852. The maximum atomic E-state index is 13.2. The fourth-order valence-electron chi connectivity index (χ4n) is 1.21. The molecule has 4 heteroatoms. The summed E-state index contributed by atoms with van der Waals surface area (Å²) in [5.41, 5.74) is 0.0663. The van der Waals surface area contributed by atoms with Crippen molar-refractivity contribution in [3.8, 4) is 0 Å². The van der Waals surface area contributed by atoms with E-state index in [0.717, 1.165) is 0 Å². The van der Waals surface area contributed by atoms with E-state index in [9.17, 15) is 9.18 Å². The molecule has 0 atom stereocenters. The Kier molecular flexibility index (Phi) is 4.39. The van der Waals surface area contributed by atoms with Crippen LogP contribution in [0.4, 0.5) is 4.39 Å². The van der Waals surface area contributed by atoms with Crippen LogP contribution in [0, 0.1) is 5.82 Å². The van der Waals surface area contributed by atoms with E-state index >= 15 is 0 Å². The van der Waals surface area contributed by atoms with Crippen LogP contribution in [0.25, 0.3) is 0 Å². The number of halogens is 1. The molecule has 1 aromatic rings. The normalized spacial score (nSPS) is 10.7. The predicted molar refractivity (Wildman–Crippen MR) is 53.2 cm³/mol. The van der Waals surface area contributed by atoms with Crippen molar-refractivity contribution in [3.63, 3.8) is 0 Å². The largest absolute Gasteiger partial charge is 0.355 e. The summed E-state index contributed by atoms with van der Waals surface area (Å²) in [4.78, 5) is 11.6. The molecular weight excluding hydrogens is 199 g/mol. The summed E-state index contributed by atoms with van der Waals surface area (Å²) in [6.07, 6.45) is -0.620. The SMILES string of the molecule is COC(CC(=O)c1ccccc1F)OC. The first kappa shape index (κ1) is 11.8. The van der Waals surface area contributed by atoms with E-state index in [4.69, 9.17) is 9.47 Å². The number of rotatable bonds is 5. The van der Waals surface area contributed by atoms with Crippen LogP contribution in [-0.2, 0) is 9.47 Å². The number of hydrogen-bond acceptors (Lipinski definition) is 3. The number of carbonyl (C=O) groups excluding carboxylic acids is 1. The topological polar surface area (TPSA) is 35.5 Å². The molecule has 0 amide bonds. The average Bonchev–Trinajstić information content (AvgIpc) is 2.26. The Morgan fingerprint density at radius 1 is 1.33 bits per heavy atom. The summed E-state index contributed by atoms with van der Waals surface area (Å²) in [7, 11) is 2.87. The van der Waals surface area contributed by atoms with Gasteiger partial charge in [0.2, 0.25) is 0 Å². The lowest BCUT2D eigenvalue weighted by molar-refractivity contribution is -0.0993. The third-order valence-corrected chi connectivity index (χ3v) is 2.05. The monoisotopic (exact) mass is 212 g/mol. The van der Waals surface area contributed by atoms with Gasteiger partial charge in [-0.1, -0.05) is 12.1 Å². The van der Waals surface area contributed by atoms with E-state index in [1.165, 1.54) is 32.4 Å². The Labute approximate surface area is 87.8 Å². The second-order valence-electron chi connectivity index (χ2n) is 3.01. The molecule has 0 spiro atoms. The minimum absolute atomic E-state index is 0.00787. The lowest BCUT2D eigenvalue weighted by Gasteiger charge is -2.12. The highest BCUT2D eigenvalue weighted by molar-refractivity contribution is 5.96. The average molecular weight is 212 g/mol. The first-order valence-electron chi connectivity index (χ1n) is 4.52. The molecule has 82 valence electrons. The van der Waals surface area contributed by atoms with Gasteiger partial charge in [0.15, 0.2) is 12.1 Å². The van der Waals surface area contributed by atoms with Crippen LogP contribution in [0.5, 0.6) is 0 Å². The minimum Gasteiger partial charge on any atom is -0.355 e. The van der Waals surface area contributed by atoms with Crippen LogP contribution in [0.2, 0.25) is 0 Å². The summed E-state index contributed by atoms with van der Waals surface area (Å²) in [5, 5.41) is 0. The third kappa shape index (κ3) is 3.11. The fourth-order valence-corrected chi connectivity index (χ4v) is 1.21. The highest BCUT2D eigenvalue weighted by Gasteiger charge is 2.16. The van der Waals surface area contributed by atoms with Gasteiger partial charge in [-0.2, -0.15) is 0 Å². The zero-order valence-corrected chi connectivity index (χ0v) is 8.70.